The molecule has 1 aromatic carbocycles. The van der Waals surface area contributed by atoms with E-state index in [0.29, 0.717) is 0 Å². The van der Waals surface area contributed by atoms with Crippen LogP contribution in [0.15, 0.2) is 23.1 Å². The average Bonchev–Trinajstić information content (AvgIpc) is 2.35. The van der Waals surface area contributed by atoms with Crippen molar-refractivity contribution in [2.24, 2.45) is 5.73 Å². The molecule has 0 saturated heterocycles. The lowest BCUT2D eigenvalue weighted by molar-refractivity contribution is -0.139. The molecular weight excluding hydrogens is 295 g/mol. The molecule has 0 amide bonds. The SMILES string of the molecule is COC(=O)CNS(=O)(=O)c1ccc(F)c(C(N)=S)c1. The van der Waals surface area contributed by atoms with E-state index >= 15 is 0 Å². The van der Waals surface area contributed by atoms with Gasteiger partial charge in [-0.05, 0) is 18.2 Å². The molecule has 0 atom stereocenters. The van der Waals surface area contributed by atoms with Crippen LogP contribution < -0.4 is 10.5 Å². The van der Waals surface area contributed by atoms with Crippen molar-refractivity contribution in [3.05, 3.63) is 29.6 Å². The van der Waals surface area contributed by atoms with Crippen molar-refractivity contribution in [3.63, 3.8) is 0 Å². The van der Waals surface area contributed by atoms with Gasteiger partial charge in [-0.3, -0.25) is 4.79 Å². The Labute approximate surface area is 114 Å². The number of thiocarbonyl (C=S) groups is 1. The van der Waals surface area contributed by atoms with E-state index in [1.165, 1.54) is 0 Å². The Morgan fingerprint density at radius 3 is 2.68 bits per heavy atom. The quantitative estimate of drug-likeness (QED) is 0.583. The number of hydrogen-bond acceptors (Lipinski definition) is 5. The van der Waals surface area contributed by atoms with Gasteiger partial charge in [-0.15, -0.1) is 0 Å². The summed E-state index contributed by atoms with van der Waals surface area (Å²) in [6, 6.07) is 2.97. The molecule has 1 rings (SSSR count). The fraction of sp³-hybridized carbons (Fsp3) is 0.200. The Hall–Kier alpha value is -1.58. The van der Waals surface area contributed by atoms with Crippen molar-refractivity contribution in [3.8, 4) is 0 Å². The highest BCUT2D eigenvalue weighted by Crippen LogP contribution is 2.15. The lowest BCUT2D eigenvalue weighted by atomic mass is 10.2. The number of nitrogens with two attached hydrogens (primary N) is 1. The molecule has 0 aliphatic rings. The van der Waals surface area contributed by atoms with Gasteiger partial charge >= 0.3 is 5.97 Å². The third kappa shape index (κ3) is 3.94. The molecule has 0 spiro atoms. The van der Waals surface area contributed by atoms with Gasteiger partial charge in [-0.2, -0.15) is 4.72 Å². The number of nitrogens with one attached hydrogen (secondary N) is 1. The first-order valence-electron chi connectivity index (χ1n) is 4.94. The van der Waals surface area contributed by atoms with E-state index in [-0.39, 0.29) is 15.4 Å². The molecule has 0 aliphatic heterocycles. The number of sulfonamides is 1. The molecule has 19 heavy (non-hydrogen) atoms. The molecule has 3 N–H and O–H groups in total. The highest BCUT2D eigenvalue weighted by atomic mass is 32.2. The predicted molar refractivity (Wildman–Crippen MR) is 69.5 cm³/mol. The van der Waals surface area contributed by atoms with Crippen molar-refractivity contribution in [2.45, 2.75) is 4.90 Å². The first kappa shape index (κ1) is 15.5. The Morgan fingerprint density at radius 2 is 2.16 bits per heavy atom. The van der Waals surface area contributed by atoms with Crippen LogP contribution in [0.4, 0.5) is 4.39 Å². The van der Waals surface area contributed by atoms with Gasteiger partial charge in [0.2, 0.25) is 10.0 Å². The molecule has 6 nitrogen and oxygen atoms in total. The summed E-state index contributed by atoms with van der Waals surface area (Å²) in [5, 5.41) is 0. The number of carbonyl (C=O) groups is 1. The normalized spacial score (nSPS) is 11.1. The monoisotopic (exact) mass is 306 g/mol. The van der Waals surface area contributed by atoms with Crippen LogP contribution in [-0.4, -0.2) is 33.0 Å². The minimum atomic E-state index is -3.97. The van der Waals surface area contributed by atoms with Crippen molar-refractivity contribution < 1.29 is 22.3 Å². The smallest absolute Gasteiger partial charge is 0.320 e. The number of halogens is 1. The van der Waals surface area contributed by atoms with Gasteiger partial charge in [0.05, 0.1) is 12.0 Å². The molecule has 0 aliphatic carbocycles. The van der Waals surface area contributed by atoms with E-state index < -0.39 is 28.4 Å². The molecule has 9 heteroatoms. The highest BCUT2D eigenvalue weighted by Gasteiger charge is 2.18. The second-order valence-corrected chi connectivity index (χ2v) is 5.61. The molecular formula is C10H11FN2O4S2. The van der Waals surface area contributed by atoms with Crippen LogP contribution >= 0.6 is 12.2 Å². The lowest BCUT2D eigenvalue weighted by Crippen LogP contribution is -2.30. The van der Waals surface area contributed by atoms with Crippen LogP contribution in [0.1, 0.15) is 5.56 Å². The van der Waals surface area contributed by atoms with Crippen LogP contribution in [0.2, 0.25) is 0 Å². The minimum Gasteiger partial charge on any atom is -0.468 e. The second-order valence-electron chi connectivity index (χ2n) is 3.41. The Bertz CT molecular complexity index is 616. The summed E-state index contributed by atoms with van der Waals surface area (Å²) in [5.41, 5.74) is 5.09. The highest BCUT2D eigenvalue weighted by molar-refractivity contribution is 7.89. The standard InChI is InChI=1S/C10H11FN2O4S2/c1-17-9(14)5-13-19(15,16)6-2-3-8(11)7(4-6)10(12)18/h2-4,13H,5H2,1H3,(H2,12,18). The average molecular weight is 306 g/mol. The second kappa shape index (κ2) is 6.04. The summed E-state index contributed by atoms with van der Waals surface area (Å²) >= 11 is 4.61. The summed E-state index contributed by atoms with van der Waals surface area (Å²) in [7, 11) is -2.85. The van der Waals surface area contributed by atoms with Gasteiger partial charge in [0.25, 0.3) is 0 Å². The summed E-state index contributed by atoms with van der Waals surface area (Å²) < 4.78 is 43.2. The fourth-order valence-corrected chi connectivity index (χ4v) is 2.32. The van der Waals surface area contributed by atoms with Crippen LogP contribution in [0.3, 0.4) is 0 Å². The van der Waals surface area contributed by atoms with Crippen molar-refractivity contribution in [1.29, 1.82) is 0 Å². The first-order valence-corrected chi connectivity index (χ1v) is 6.83. The molecule has 0 radical (unpaired) electrons. The van der Waals surface area contributed by atoms with Gasteiger partial charge in [-0.25, -0.2) is 12.8 Å². The van der Waals surface area contributed by atoms with E-state index in [4.69, 9.17) is 5.73 Å². The van der Waals surface area contributed by atoms with Crippen molar-refractivity contribution in [2.75, 3.05) is 13.7 Å². The molecule has 104 valence electrons. The van der Waals surface area contributed by atoms with E-state index in [0.717, 1.165) is 25.3 Å². The third-order valence-corrected chi connectivity index (χ3v) is 3.77. The molecule has 0 fully saturated rings. The van der Waals surface area contributed by atoms with Gasteiger partial charge in [0, 0.05) is 5.56 Å². The van der Waals surface area contributed by atoms with Gasteiger partial charge in [0.15, 0.2) is 0 Å². The van der Waals surface area contributed by atoms with E-state index in [9.17, 15) is 17.6 Å². The lowest BCUT2D eigenvalue weighted by Gasteiger charge is -2.08. The molecule has 0 aromatic heterocycles. The Kier molecular flexibility index (Phi) is 4.92. The van der Waals surface area contributed by atoms with E-state index in [1.807, 2.05) is 4.72 Å². The van der Waals surface area contributed by atoms with Gasteiger partial charge < -0.3 is 10.5 Å². The van der Waals surface area contributed by atoms with Crippen LogP contribution in [0, 0.1) is 5.82 Å². The Morgan fingerprint density at radius 1 is 1.53 bits per heavy atom. The maximum Gasteiger partial charge on any atom is 0.320 e. The largest absolute Gasteiger partial charge is 0.468 e. The van der Waals surface area contributed by atoms with Crippen LogP contribution in [-0.2, 0) is 19.6 Å². The number of esters is 1. The number of hydrogen-bond donors (Lipinski definition) is 2. The zero-order valence-electron chi connectivity index (χ0n) is 9.84. The van der Waals surface area contributed by atoms with Gasteiger partial charge in [-0.1, -0.05) is 12.2 Å². The van der Waals surface area contributed by atoms with Gasteiger partial charge in [0.1, 0.15) is 17.4 Å². The minimum absolute atomic E-state index is 0.184. The number of carbonyl (C=O) groups excluding carboxylic acids is 1. The maximum absolute atomic E-state index is 13.3. The number of benzene rings is 1. The summed E-state index contributed by atoms with van der Waals surface area (Å²) in [5.74, 6) is -1.47. The van der Waals surface area contributed by atoms with Crippen molar-refractivity contribution >= 4 is 33.2 Å². The predicted octanol–water partition coefficient (Wildman–Crippen LogP) is -0.0888. The summed E-state index contributed by atoms with van der Waals surface area (Å²) in [4.78, 5) is 10.4. The molecule has 0 heterocycles. The maximum atomic E-state index is 13.3. The number of ether oxygens (including phenoxy) is 1. The zero-order chi connectivity index (χ0) is 14.6. The van der Waals surface area contributed by atoms with E-state index in [2.05, 4.69) is 17.0 Å². The third-order valence-electron chi connectivity index (χ3n) is 2.15. The molecule has 0 unspecified atom stereocenters. The molecule has 0 bridgehead atoms. The summed E-state index contributed by atoms with van der Waals surface area (Å²) in [6.07, 6.45) is 0. The molecule has 0 saturated carbocycles. The number of methoxy groups -OCH3 is 1. The topological polar surface area (TPSA) is 98.5 Å². The van der Waals surface area contributed by atoms with Crippen LogP contribution in [0.5, 0.6) is 0 Å². The Balaban J connectivity index is 3.05. The number of rotatable bonds is 5. The van der Waals surface area contributed by atoms with Crippen LogP contribution in [0.25, 0.3) is 0 Å². The fourth-order valence-electron chi connectivity index (χ4n) is 1.17. The van der Waals surface area contributed by atoms with E-state index in [1.54, 1.807) is 0 Å². The summed E-state index contributed by atoms with van der Waals surface area (Å²) in [6.45, 7) is -0.529. The zero-order valence-corrected chi connectivity index (χ0v) is 11.5. The molecule has 1 aromatic rings. The van der Waals surface area contributed by atoms with Crippen molar-refractivity contribution in [1.82, 2.24) is 4.72 Å². The first-order chi connectivity index (χ1) is 8.77.